The number of nitrogens with zero attached hydrogens (tertiary/aromatic N) is 2. The fourth-order valence-electron chi connectivity index (χ4n) is 2.19. The summed E-state index contributed by atoms with van der Waals surface area (Å²) >= 11 is 0. The quantitative estimate of drug-likeness (QED) is 0.516. The van der Waals surface area contributed by atoms with Gasteiger partial charge in [-0.15, -0.1) is 0 Å². The second-order valence-electron chi connectivity index (χ2n) is 5.82. The van der Waals surface area contributed by atoms with Crippen LogP contribution in [0, 0.1) is 5.95 Å². The largest absolute Gasteiger partial charge is 0.490 e. The van der Waals surface area contributed by atoms with Gasteiger partial charge in [0.2, 0.25) is 0 Å². The highest BCUT2D eigenvalue weighted by Crippen LogP contribution is 2.18. The molecule has 3 heterocycles. The molecule has 0 atom stereocenters. The molecule has 27 heavy (non-hydrogen) atoms. The lowest BCUT2D eigenvalue weighted by Gasteiger charge is -2.27. The Bertz CT molecular complexity index is 676. The number of aliphatic carboxylic acids is 1. The molecule has 0 aliphatic carbocycles. The zero-order valence-corrected chi connectivity index (χ0v) is 14.1. The summed E-state index contributed by atoms with van der Waals surface area (Å²) in [6, 6.07) is 2.94. The SMILES string of the molecule is O=C(NN1CCCC1)c1ccc(OC2CNC2)c(F)n1.O=C(O)C(F)(F)F. The topological polar surface area (TPSA) is 104 Å². The minimum Gasteiger partial charge on any atom is -0.483 e. The van der Waals surface area contributed by atoms with Gasteiger partial charge in [0, 0.05) is 26.2 Å². The van der Waals surface area contributed by atoms with E-state index in [-0.39, 0.29) is 23.5 Å². The summed E-state index contributed by atoms with van der Waals surface area (Å²) < 4.78 is 50.9. The molecule has 12 heteroatoms. The van der Waals surface area contributed by atoms with Gasteiger partial charge in [-0.1, -0.05) is 0 Å². The van der Waals surface area contributed by atoms with Crippen LogP contribution in [-0.4, -0.2) is 65.4 Å². The van der Waals surface area contributed by atoms with Crippen molar-refractivity contribution in [1.82, 2.24) is 20.7 Å². The van der Waals surface area contributed by atoms with Crippen LogP contribution in [0.3, 0.4) is 0 Å². The lowest BCUT2D eigenvalue weighted by molar-refractivity contribution is -0.192. The number of ether oxygens (including phenoxy) is 1. The number of alkyl halides is 3. The highest BCUT2D eigenvalue weighted by Gasteiger charge is 2.38. The van der Waals surface area contributed by atoms with E-state index >= 15 is 0 Å². The van der Waals surface area contributed by atoms with E-state index in [0.717, 1.165) is 25.9 Å². The van der Waals surface area contributed by atoms with Crippen molar-refractivity contribution in [3.8, 4) is 5.75 Å². The van der Waals surface area contributed by atoms with Crippen molar-refractivity contribution in [3.63, 3.8) is 0 Å². The van der Waals surface area contributed by atoms with Crippen LogP contribution in [0.4, 0.5) is 17.6 Å². The molecule has 3 rings (SSSR count). The molecule has 2 saturated heterocycles. The van der Waals surface area contributed by atoms with E-state index in [1.54, 1.807) is 0 Å². The third-order valence-electron chi connectivity index (χ3n) is 3.69. The predicted molar refractivity (Wildman–Crippen MR) is 83.4 cm³/mol. The third-order valence-corrected chi connectivity index (χ3v) is 3.69. The number of hydrazine groups is 1. The minimum atomic E-state index is -5.08. The standard InChI is InChI=1S/C13H17FN4O2.C2HF3O2/c14-12-11(20-9-7-15-8-9)4-3-10(16-12)13(19)17-18-5-1-2-6-18;3-2(4,5)1(6)7/h3-4,9,15H,1-2,5-8H2,(H,17,19);(H,6,7). The summed E-state index contributed by atoms with van der Waals surface area (Å²) in [6.07, 6.45) is -2.98. The maximum Gasteiger partial charge on any atom is 0.490 e. The number of halogens is 4. The lowest BCUT2D eigenvalue weighted by Crippen LogP contribution is -2.50. The summed E-state index contributed by atoms with van der Waals surface area (Å²) in [5.41, 5.74) is 2.78. The number of carboxylic acids is 1. The van der Waals surface area contributed by atoms with Crippen LogP contribution in [0.25, 0.3) is 0 Å². The van der Waals surface area contributed by atoms with Gasteiger partial charge in [0.25, 0.3) is 11.9 Å². The van der Waals surface area contributed by atoms with E-state index in [9.17, 15) is 22.4 Å². The molecule has 0 aromatic carbocycles. The maximum absolute atomic E-state index is 13.8. The van der Waals surface area contributed by atoms with Gasteiger partial charge in [-0.05, 0) is 25.0 Å². The van der Waals surface area contributed by atoms with Crippen molar-refractivity contribution < 1.29 is 37.0 Å². The Morgan fingerprint density at radius 3 is 2.30 bits per heavy atom. The number of hydrogen-bond donors (Lipinski definition) is 3. The van der Waals surface area contributed by atoms with Crippen molar-refractivity contribution in [2.24, 2.45) is 0 Å². The Morgan fingerprint density at radius 2 is 1.85 bits per heavy atom. The average Bonchev–Trinajstić information content (AvgIpc) is 3.04. The number of aromatic nitrogens is 1. The molecular weight excluding hydrogens is 376 g/mol. The van der Waals surface area contributed by atoms with E-state index in [1.165, 1.54) is 12.1 Å². The van der Waals surface area contributed by atoms with Crippen LogP contribution >= 0.6 is 0 Å². The lowest BCUT2D eigenvalue weighted by atomic mass is 10.2. The minimum absolute atomic E-state index is 0.0180. The molecule has 2 aliphatic rings. The molecule has 3 N–H and O–H groups in total. The fraction of sp³-hybridized carbons (Fsp3) is 0.533. The van der Waals surface area contributed by atoms with E-state index < -0.39 is 18.1 Å². The van der Waals surface area contributed by atoms with E-state index in [1.807, 2.05) is 5.01 Å². The first kappa shape index (κ1) is 20.8. The summed E-state index contributed by atoms with van der Waals surface area (Å²) in [5, 5.41) is 12.0. The molecule has 0 saturated carbocycles. The molecule has 0 radical (unpaired) electrons. The summed E-state index contributed by atoms with van der Waals surface area (Å²) in [5.74, 6) is -3.80. The zero-order chi connectivity index (χ0) is 20.0. The maximum atomic E-state index is 13.8. The van der Waals surface area contributed by atoms with Crippen molar-refractivity contribution in [3.05, 3.63) is 23.8 Å². The highest BCUT2D eigenvalue weighted by atomic mass is 19.4. The number of pyridine rings is 1. The number of amides is 1. The van der Waals surface area contributed by atoms with E-state index in [0.29, 0.717) is 13.1 Å². The Balaban J connectivity index is 0.000000321. The Hall–Kier alpha value is -2.47. The Labute approximate surface area is 151 Å². The van der Waals surface area contributed by atoms with Crippen LogP contribution in [0.2, 0.25) is 0 Å². The second-order valence-corrected chi connectivity index (χ2v) is 5.82. The summed E-state index contributed by atoms with van der Waals surface area (Å²) in [7, 11) is 0. The van der Waals surface area contributed by atoms with Gasteiger partial charge in [-0.25, -0.2) is 14.8 Å². The van der Waals surface area contributed by atoms with E-state index in [2.05, 4.69) is 15.7 Å². The van der Waals surface area contributed by atoms with Gasteiger partial charge < -0.3 is 15.2 Å². The highest BCUT2D eigenvalue weighted by molar-refractivity contribution is 5.91. The van der Waals surface area contributed by atoms with E-state index in [4.69, 9.17) is 14.6 Å². The molecule has 2 aliphatic heterocycles. The molecule has 0 bridgehead atoms. The molecule has 2 fully saturated rings. The van der Waals surface area contributed by atoms with Crippen molar-refractivity contribution in [2.75, 3.05) is 26.2 Å². The van der Waals surface area contributed by atoms with Gasteiger partial charge >= 0.3 is 12.1 Å². The predicted octanol–water partition coefficient (Wildman–Crippen LogP) is 0.945. The zero-order valence-electron chi connectivity index (χ0n) is 14.1. The van der Waals surface area contributed by atoms with Crippen LogP contribution in [-0.2, 0) is 4.79 Å². The Morgan fingerprint density at radius 1 is 1.26 bits per heavy atom. The number of carbonyl (C=O) groups is 2. The average molecular weight is 394 g/mol. The number of rotatable bonds is 4. The van der Waals surface area contributed by atoms with Gasteiger partial charge in [0.15, 0.2) is 5.75 Å². The Kier molecular flexibility index (Phi) is 6.91. The number of hydrogen-bond acceptors (Lipinski definition) is 6. The van der Waals surface area contributed by atoms with Crippen LogP contribution in [0.1, 0.15) is 23.3 Å². The molecule has 0 spiro atoms. The van der Waals surface area contributed by atoms with Gasteiger partial charge in [0.1, 0.15) is 11.8 Å². The monoisotopic (exact) mass is 394 g/mol. The number of carbonyl (C=O) groups excluding carboxylic acids is 1. The molecule has 150 valence electrons. The first-order chi connectivity index (χ1) is 12.7. The molecule has 1 aromatic rings. The molecule has 0 unspecified atom stereocenters. The van der Waals surface area contributed by atoms with Crippen LogP contribution < -0.4 is 15.5 Å². The second kappa shape index (κ2) is 8.95. The first-order valence-corrected chi connectivity index (χ1v) is 8.07. The van der Waals surface area contributed by atoms with Crippen molar-refractivity contribution >= 4 is 11.9 Å². The first-order valence-electron chi connectivity index (χ1n) is 8.07. The molecular formula is C15H18F4N4O4. The van der Waals surface area contributed by atoms with Crippen molar-refractivity contribution in [1.29, 1.82) is 0 Å². The van der Waals surface area contributed by atoms with Crippen LogP contribution in [0.15, 0.2) is 12.1 Å². The van der Waals surface area contributed by atoms with Gasteiger partial charge in [-0.2, -0.15) is 17.6 Å². The fourth-order valence-corrected chi connectivity index (χ4v) is 2.19. The third kappa shape index (κ3) is 6.32. The summed E-state index contributed by atoms with van der Waals surface area (Å²) in [6.45, 7) is 3.06. The normalized spacial score (nSPS) is 17.5. The molecule has 1 amide bonds. The molecule has 1 aromatic heterocycles. The van der Waals surface area contributed by atoms with Crippen molar-refractivity contribution in [2.45, 2.75) is 25.1 Å². The van der Waals surface area contributed by atoms with Gasteiger partial charge in [-0.3, -0.25) is 10.2 Å². The number of carboxylic acid groups (broad SMARTS) is 1. The molecule has 8 nitrogen and oxygen atoms in total. The summed E-state index contributed by atoms with van der Waals surface area (Å²) in [4.78, 5) is 24.5. The smallest absolute Gasteiger partial charge is 0.483 e. The van der Waals surface area contributed by atoms with Crippen LogP contribution in [0.5, 0.6) is 5.75 Å². The van der Waals surface area contributed by atoms with Gasteiger partial charge in [0.05, 0.1) is 0 Å². The number of nitrogens with one attached hydrogen (secondary N) is 2.